The lowest BCUT2D eigenvalue weighted by atomic mass is 9.99. The zero-order valence-corrected chi connectivity index (χ0v) is 64.8. The number of aliphatic hydroxyl groups is 1. The predicted octanol–water partition coefficient (Wildman–Crippen LogP) is 22.4. The molecule has 0 rings (SSSR count). The quantitative estimate of drug-likeness (QED) is 0.0222. The second kappa shape index (κ2) is 66.3. The summed E-state index contributed by atoms with van der Waals surface area (Å²) in [5.74, 6) is 0.943. The maximum Gasteiger partial charge on any atom is 0.472 e. The van der Waals surface area contributed by atoms with Crippen molar-refractivity contribution in [3.05, 3.63) is 0 Å². The van der Waals surface area contributed by atoms with Gasteiger partial charge in [0, 0.05) is 25.7 Å². The molecule has 0 radical (unpaired) electrons. The van der Waals surface area contributed by atoms with E-state index in [4.69, 9.17) is 37.0 Å². The summed E-state index contributed by atoms with van der Waals surface area (Å²) in [5.41, 5.74) is 0. The molecule has 3 N–H and O–H groups in total. The van der Waals surface area contributed by atoms with Crippen LogP contribution in [0.4, 0.5) is 0 Å². The zero-order valence-electron chi connectivity index (χ0n) is 63.0. The van der Waals surface area contributed by atoms with E-state index in [0.717, 1.165) is 114 Å². The van der Waals surface area contributed by atoms with Crippen molar-refractivity contribution in [3.8, 4) is 0 Å². The number of ether oxygens (including phenoxy) is 4. The van der Waals surface area contributed by atoms with Gasteiger partial charge in [-0.2, -0.15) is 0 Å². The van der Waals surface area contributed by atoms with E-state index >= 15 is 0 Å². The fourth-order valence-electron chi connectivity index (χ4n) is 11.7. The molecule has 0 heterocycles. The highest BCUT2D eigenvalue weighted by Gasteiger charge is 2.30. The molecule has 0 bridgehead atoms. The van der Waals surface area contributed by atoms with E-state index in [2.05, 4.69) is 55.4 Å². The van der Waals surface area contributed by atoms with Crippen molar-refractivity contribution in [1.29, 1.82) is 0 Å². The van der Waals surface area contributed by atoms with Crippen molar-refractivity contribution in [2.75, 3.05) is 39.6 Å². The molecule has 0 saturated heterocycles. The molecular formula is C77H150O17P2. The minimum atomic E-state index is -4.96. The molecule has 7 atom stereocenters. The maximum atomic E-state index is 13.1. The molecule has 570 valence electrons. The number of carbonyl (C=O) groups excluding carboxylic acids is 4. The lowest BCUT2D eigenvalue weighted by Gasteiger charge is -2.21. The number of phosphoric ester groups is 2. The second-order valence-electron chi connectivity index (χ2n) is 29.2. The van der Waals surface area contributed by atoms with Gasteiger partial charge in [0.2, 0.25) is 0 Å². The molecule has 0 saturated carbocycles. The van der Waals surface area contributed by atoms with Gasteiger partial charge in [0.15, 0.2) is 12.2 Å². The van der Waals surface area contributed by atoms with Crippen LogP contribution >= 0.6 is 15.6 Å². The van der Waals surface area contributed by atoms with E-state index in [1.165, 1.54) is 186 Å². The molecular weight excluding hydrogens is 1260 g/mol. The lowest BCUT2D eigenvalue weighted by Crippen LogP contribution is -2.30. The van der Waals surface area contributed by atoms with Gasteiger partial charge in [-0.25, -0.2) is 9.13 Å². The Labute approximate surface area is 588 Å². The monoisotopic (exact) mass is 1410 g/mol. The first kappa shape index (κ1) is 94.1. The number of carbonyl (C=O) groups is 4. The second-order valence-corrected chi connectivity index (χ2v) is 32.1. The average Bonchev–Trinajstić information content (AvgIpc) is 1.07. The van der Waals surface area contributed by atoms with Crippen molar-refractivity contribution >= 4 is 39.5 Å². The minimum absolute atomic E-state index is 0.103. The summed E-state index contributed by atoms with van der Waals surface area (Å²) >= 11 is 0. The highest BCUT2D eigenvalue weighted by molar-refractivity contribution is 7.47. The number of rotatable bonds is 74. The molecule has 0 aliphatic carbocycles. The van der Waals surface area contributed by atoms with Crippen LogP contribution in [0.5, 0.6) is 0 Å². The molecule has 0 fully saturated rings. The summed E-state index contributed by atoms with van der Waals surface area (Å²) in [6.45, 7) is 14.2. The van der Waals surface area contributed by atoms with Crippen molar-refractivity contribution < 1.29 is 80.2 Å². The third kappa shape index (κ3) is 67.9. The van der Waals surface area contributed by atoms with Gasteiger partial charge in [-0.15, -0.1) is 0 Å². The van der Waals surface area contributed by atoms with Crippen LogP contribution in [0.3, 0.4) is 0 Å². The normalized spacial score (nSPS) is 14.7. The number of hydrogen-bond acceptors (Lipinski definition) is 15. The number of aliphatic hydroxyl groups excluding tert-OH is 1. The van der Waals surface area contributed by atoms with E-state index in [1.807, 2.05) is 0 Å². The average molecular weight is 1410 g/mol. The highest BCUT2D eigenvalue weighted by Crippen LogP contribution is 2.45. The molecule has 0 aromatic heterocycles. The molecule has 0 spiro atoms. The van der Waals surface area contributed by atoms with Crippen molar-refractivity contribution in [1.82, 2.24) is 0 Å². The molecule has 19 heteroatoms. The Morgan fingerprint density at radius 2 is 0.500 bits per heavy atom. The van der Waals surface area contributed by atoms with E-state index in [9.17, 15) is 43.2 Å². The molecule has 5 unspecified atom stereocenters. The van der Waals surface area contributed by atoms with E-state index < -0.39 is 97.5 Å². The molecule has 0 aromatic carbocycles. The van der Waals surface area contributed by atoms with Gasteiger partial charge in [0.05, 0.1) is 26.4 Å². The first-order valence-electron chi connectivity index (χ1n) is 39.8. The molecule has 96 heavy (non-hydrogen) atoms. The first-order chi connectivity index (χ1) is 46.2. The Bertz CT molecular complexity index is 1890. The van der Waals surface area contributed by atoms with Gasteiger partial charge in [-0.3, -0.25) is 37.3 Å². The highest BCUT2D eigenvalue weighted by atomic mass is 31.2. The van der Waals surface area contributed by atoms with Crippen LogP contribution in [0.25, 0.3) is 0 Å². The Hall–Kier alpha value is -1.94. The van der Waals surface area contributed by atoms with Crippen LogP contribution in [0.15, 0.2) is 0 Å². The summed E-state index contributed by atoms with van der Waals surface area (Å²) < 4.78 is 68.5. The van der Waals surface area contributed by atoms with Gasteiger partial charge >= 0.3 is 39.5 Å². The Morgan fingerprint density at radius 1 is 0.292 bits per heavy atom. The first-order valence-corrected chi connectivity index (χ1v) is 42.8. The van der Waals surface area contributed by atoms with Crippen LogP contribution < -0.4 is 0 Å². The standard InChI is InChI=1S/C77H150O17P2/c1-9-69(7)55-47-39-31-25-21-17-15-13-11-12-14-16-18-22-27-33-43-51-59-76(81)93-72(63-88-75(80)58-50-42-34-28-30-38-46-54-68(5)6)65-91-95(83,84)89-61-71(78)62-90-96(85,86)92-66-73(94-77(82)60-52-44-36-35-40-48-56-70(8)10-2)64-87-74(79)57-49-41-32-26-23-19-20-24-29-37-45-53-67(3)4/h67-73,78H,9-66H2,1-8H3,(H,83,84)(H,85,86)/t69?,70?,71?,72-,73-/m1/s1. The van der Waals surface area contributed by atoms with Gasteiger partial charge in [-0.1, -0.05) is 338 Å². The predicted molar refractivity (Wildman–Crippen MR) is 391 cm³/mol. The van der Waals surface area contributed by atoms with E-state index in [0.29, 0.717) is 31.6 Å². The maximum absolute atomic E-state index is 13.1. The van der Waals surface area contributed by atoms with Crippen molar-refractivity contribution in [2.45, 2.75) is 408 Å². The largest absolute Gasteiger partial charge is 0.472 e. The van der Waals surface area contributed by atoms with E-state index in [-0.39, 0.29) is 25.7 Å². The Balaban J connectivity index is 5.16. The summed E-state index contributed by atoms with van der Waals surface area (Å²) in [4.78, 5) is 72.8. The lowest BCUT2D eigenvalue weighted by molar-refractivity contribution is -0.161. The summed E-state index contributed by atoms with van der Waals surface area (Å²) in [7, 11) is -9.91. The third-order valence-electron chi connectivity index (χ3n) is 18.5. The SMILES string of the molecule is CCC(C)CCCCCCCCCCCCCCCCCCCCC(=O)O[C@H](COC(=O)CCCCCCCCCC(C)C)COP(=O)(O)OCC(O)COP(=O)(O)OC[C@@H](COC(=O)CCCCCCCCCCCCCC(C)C)OC(=O)CCCCCCCCC(C)CC. The van der Waals surface area contributed by atoms with Gasteiger partial charge < -0.3 is 33.8 Å². The van der Waals surface area contributed by atoms with Crippen LogP contribution in [-0.4, -0.2) is 96.7 Å². The Kier molecular flexibility index (Phi) is 65.0. The number of hydrogen-bond donors (Lipinski definition) is 3. The summed E-state index contributed by atoms with van der Waals surface area (Å²) in [6, 6.07) is 0. The third-order valence-corrected chi connectivity index (χ3v) is 20.4. The van der Waals surface area contributed by atoms with Crippen LogP contribution in [0, 0.1) is 23.7 Å². The van der Waals surface area contributed by atoms with Gasteiger partial charge in [0.1, 0.15) is 19.3 Å². The fraction of sp³-hybridized carbons (Fsp3) is 0.948. The molecule has 17 nitrogen and oxygen atoms in total. The number of unbranched alkanes of at least 4 members (excludes halogenated alkanes) is 38. The van der Waals surface area contributed by atoms with Crippen LogP contribution in [-0.2, 0) is 65.4 Å². The van der Waals surface area contributed by atoms with Crippen LogP contribution in [0.1, 0.15) is 389 Å². The number of esters is 4. The fourth-order valence-corrected chi connectivity index (χ4v) is 13.2. The molecule has 0 aliphatic rings. The minimum Gasteiger partial charge on any atom is -0.462 e. The van der Waals surface area contributed by atoms with Gasteiger partial charge in [-0.05, 0) is 49.4 Å². The van der Waals surface area contributed by atoms with Crippen molar-refractivity contribution in [2.24, 2.45) is 23.7 Å². The molecule has 0 aliphatic heterocycles. The Morgan fingerprint density at radius 3 is 0.740 bits per heavy atom. The molecule has 0 amide bonds. The van der Waals surface area contributed by atoms with E-state index in [1.54, 1.807) is 0 Å². The topological polar surface area (TPSA) is 237 Å². The zero-order chi connectivity index (χ0) is 71.0. The van der Waals surface area contributed by atoms with Crippen LogP contribution in [0.2, 0.25) is 0 Å². The smallest absolute Gasteiger partial charge is 0.462 e. The van der Waals surface area contributed by atoms with Crippen molar-refractivity contribution in [3.63, 3.8) is 0 Å². The number of phosphoric acid groups is 2. The summed E-state index contributed by atoms with van der Waals surface area (Å²) in [6.07, 6.45) is 51.6. The van der Waals surface area contributed by atoms with Gasteiger partial charge in [0.25, 0.3) is 0 Å². The molecule has 0 aromatic rings. The summed E-state index contributed by atoms with van der Waals surface area (Å²) in [5, 5.41) is 10.6.